The van der Waals surface area contributed by atoms with Crippen molar-refractivity contribution >= 4 is 0 Å². The zero-order valence-corrected chi connectivity index (χ0v) is 12.2. The van der Waals surface area contributed by atoms with E-state index in [1.54, 1.807) is 6.07 Å². The molecule has 0 aliphatic heterocycles. The van der Waals surface area contributed by atoms with Gasteiger partial charge in [-0.1, -0.05) is 71.1 Å². The van der Waals surface area contributed by atoms with Gasteiger partial charge in [-0.3, -0.25) is 0 Å². The van der Waals surface area contributed by atoms with Crippen LogP contribution >= 0.6 is 0 Å². The lowest BCUT2D eigenvalue weighted by Crippen LogP contribution is -2.15. The first-order valence-corrected chi connectivity index (χ1v) is 7.32. The molecule has 0 atom stereocenters. The van der Waals surface area contributed by atoms with E-state index < -0.39 is 0 Å². The molecule has 1 nitrogen and oxygen atoms in total. The third-order valence-electron chi connectivity index (χ3n) is 3.62. The maximum absolute atomic E-state index is 9.82. The molecule has 102 valence electrons. The number of hydrogen-bond donors (Lipinski definition) is 1. The molecule has 18 heavy (non-hydrogen) atoms. The SMILES string of the molecule is CCCCCCCC(C)(C)Cc1ccccc1O. The maximum Gasteiger partial charge on any atom is 0.118 e. The number of benzene rings is 1. The molecule has 1 N–H and O–H groups in total. The van der Waals surface area contributed by atoms with Gasteiger partial charge in [-0.25, -0.2) is 0 Å². The Labute approximate surface area is 112 Å². The van der Waals surface area contributed by atoms with Crippen LogP contribution in [0.3, 0.4) is 0 Å². The summed E-state index contributed by atoms with van der Waals surface area (Å²) in [6, 6.07) is 7.71. The molecule has 0 fully saturated rings. The highest BCUT2D eigenvalue weighted by atomic mass is 16.3. The second-order valence-corrected chi connectivity index (χ2v) is 6.13. The summed E-state index contributed by atoms with van der Waals surface area (Å²) in [5.41, 5.74) is 1.36. The van der Waals surface area contributed by atoms with Crippen LogP contribution in [0.1, 0.15) is 64.9 Å². The van der Waals surface area contributed by atoms with Crippen molar-refractivity contribution in [2.45, 2.75) is 65.7 Å². The van der Waals surface area contributed by atoms with Crippen molar-refractivity contribution in [2.75, 3.05) is 0 Å². The van der Waals surface area contributed by atoms with Crippen LogP contribution in [0.15, 0.2) is 24.3 Å². The highest BCUT2D eigenvalue weighted by Crippen LogP contribution is 2.31. The Morgan fingerprint density at radius 3 is 2.33 bits per heavy atom. The molecule has 0 unspecified atom stereocenters. The van der Waals surface area contributed by atoms with Gasteiger partial charge in [0.15, 0.2) is 0 Å². The molecule has 1 heteroatoms. The fourth-order valence-electron chi connectivity index (χ4n) is 2.47. The fraction of sp³-hybridized carbons (Fsp3) is 0.647. The molecule has 0 saturated heterocycles. The standard InChI is InChI=1S/C17H28O/c1-4-5-6-7-10-13-17(2,3)14-15-11-8-9-12-16(15)18/h8-9,11-12,18H,4-7,10,13-14H2,1-3H3. The predicted octanol–water partition coefficient (Wildman–Crippen LogP) is 5.32. The number of phenolic OH excluding ortho intramolecular Hbond substituents is 1. The largest absolute Gasteiger partial charge is 0.508 e. The quantitative estimate of drug-likeness (QED) is 0.617. The molecule has 1 aromatic carbocycles. The molecule has 0 saturated carbocycles. The Morgan fingerprint density at radius 2 is 1.67 bits per heavy atom. The van der Waals surface area contributed by atoms with Gasteiger partial charge in [0.25, 0.3) is 0 Å². The molecule has 0 aliphatic carbocycles. The summed E-state index contributed by atoms with van der Waals surface area (Å²) in [6.45, 7) is 6.86. The molecule has 0 bridgehead atoms. The third-order valence-corrected chi connectivity index (χ3v) is 3.62. The number of hydrogen-bond acceptors (Lipinski definition) is 1. The van der Waals surface area contributed by atoms with Gasteiger partial charge in [-0.2, -0.15) is 0 Å². The van der Waals surface area contributed by atoms with E-state index in [-0.39, 0.29) is 5.41 Å². The van der Waals surface area contributed by atoms with Crippen LogP contribution in [0.5, 0.6) is 5.75 Å². The molecular weight excluding hydrogens is 220 g/mol. The molecule has 1 rings (SSSR count). The van der Waals surface area contributed by atoms with E-state index in [1.807, 2.05) is 18.2 Å². The molecule has 0 spiro atoms. The number of phenols is 1. The van der Waals surface area contributed by atoms with E-state index in [0.29, 0.717) is 5.75 Å². The molecular formula is C17H28O. The van der Waals surface area contributed by atoms with Crippen LogP contribution in [0.2, 0.25) is 0 Å². The van der Waals surface area contributed by atoms with Crippen molar-refractivity contribution in [1.29, 1.82) is 0 Å². The average molecular weight is 248 g/mol. The van der Waals surface area contributed by atoms with Crippen molar-refractivity contribution in [2.24, 2.45) is 5.41 Å². The van der Waals surface area contributed by atoms with E-state index in [0.717, 1.165) is 12.0 Å². The molecule has 0 amide bonds. The van der Waals surface area contributed by atoms with Crippen molar-refractivity contribution in [1.82, 2.24) is 0 Å². The number of aromatic hydroxyl groups is 1. The van der Waals surface area contributed by atoms with Crippen molar-refractivity contribution in [3.05, 3.63) is 29.8 Å². The molecule has 0 aromatic heterocycles. The number of unbranched alkanes of at least 4 members (excludes halogenated alkanes) is 4. The fourth-order valence-corrected chi connectivity index (χ4v) is 2.47. The first kappa shape index (κ1) is 15.1. The molecule has 0 heterocycles. The summed E-state index contributed by atoms with van der Waals surface area (Å²) in [5, 5.41) is 9.82. The van der Waals surface area contributed by atoms with Crippen LogP contribution in [0.4, 0.5) is 0 Å². The van der Waals surface area contributed by atoms with E-state index in [9.17, 15) is 5.11 Å². The summed E-state index contributed by atoms with van der Waals surface area (Å²) in [7, 11) is 0. The van der Waals surface area contributed by atoms with E-state index in [1.165, 1.54) is 38.5 Å². The van der Waals surface area contributed by atoms with Gasteiger partial charge < -0.3 is 5.11 Å². The van der Waals surface area contributed by atoms with Gasteiger partial charge in [-0.05, 0) is 29.9 Å². The second kappa shape index (κ2) is 7.45. The van der Waals surface area contributed by atoms with Crippen molar-refractivity contribution < 1.29 is 5.11 Å². The van der Waals surface area contributed by atoms with Crippen LogP contribution in [-0.2, 0) is 6.42 Å². The van der Waals surface area contributed by atoms with Crippen molar-refractivity contribution in [3.8, 4) is 5.75 Å². The minimum absolute atomic E-state index is 0.283. The number of para-hydroxylation sites is 1. The molecule has 0 aliphatic rings. The lowest BCUT2D eigenvalue weighted by Gasteiger charge is -2.25. The van der Waals surface area contributed by atoms with Crippen LogP contribution < -0.4 is 0 Å². The summed E-state index contributed by atoms with van der Waals surface area (Å²) in [5.74, 6) is 0.441. The molecule has 1 aromatic rings. The minimum atomic E-state index is 0.283. The Hall–Kier alpha value is -0.980. The summed E-state index contributed by atoms with van der Waals surface area (Å²) < 4.78 is 0. The average Bonchev–Trinajstić information content (AvgIpc) is 2.31. The highest BCUT2D eigenvalue weighted by molar-refractivity contribution is 5.32. The maximum atomic E-state index is 9.82. The Balaban J connectivity index is 2.37. The third kappa shape index (κ3) is 5.57. The highest BCUT2D eigenvalue weighted by Gasteiger charge is 2.19. The van der Waals surface area contributed by atoms with E-state index in [4.69, 9.17) is 0 Å². The summed E-state index contributed by atoms with van der Waals surface area (Å²) >= 11 is 0. The molecule has 0 radical (unpaired) electrons. The van der Waals surface area contributed by atoms with Gasteiger partial charge in [0.1, 0.15) is 5.75 Å². The first-order chi connectivity index (χ1) is 8.55. The minimum Gasteiger partial charge on any atom is -0.508 e. The monoisotopic (exact) mass is 248 g/mol. The second-order valence-electron chi connectivity index (χ2n) is 6.13. The lowest BCUT2D eigenvalue weighted by molar-refractivity contribution is 0.312. The lowest BCUT2D eigenvalue weighted by atomic mass is 9.81. The van der Waals surface area contributed by atoms with Crippen LogP contribution in [0.25, 0.3) is 0 Å². The van der Waals surface area contributed by atoms with Gasteiger partial charge in [0.05, 0.1) is 0 Å². The summed E-state index contributed by atoms with van der Waals surface area (Å²) in [6.07, 6.45) is 8.89. The van der Waals surface area contributed by atoms with Gasteiger partial charge in [0.2, 0.25) is 0 Å². The van der Waals surface area contributed by atoms with Gasteiger partial charge in [0, 0.05) is 0 Å². The Kier molecular flexibility index (Phi) is 6.24. The Bertz CT molecular complexity index is 341. The van der Waals surface area contributed by atoms with Gasteiger partial charge >= 0.3 is 0 Å². The van der Waals surface area contributed by atoms with Crippen molar-refractivity contribution in [3.63, 3.8) is 0 Å². The predicted molar refractivity (Wildman–Crippen MR) is 79.0 cm³/mol. The zero-order chi connectivity index (χ0) is 13.4. The first-order valence-electron chi connectivity index (χ1n) is 7.32. The summed E-state index contributed by atoms with van der Waals surface area (Å²) in [4.78, 5) is 0. The number of rotatable bonds is 8. The van der Waals surface area contributed by atoms with Crippen LogP contribution in [-0.4, -0.2) is 5.11 Å². The Morgan fingerprint density at radius 1 is 1.00 bits per heavy atom. The van der Waals surface area contributed by atoms with E-state index >= 15 is 0 Å². The topological polar surface area (TPSA) is 20.2 Å². The van der Waals surface area contributed by atoms with Gasteiger partial charge in [-0.15, -0.1) is 0 Å². The zero-order valence-electron chi connectivity index (χ0n) is 12.2. The van der Waals surface area contributed by atoms with E-state index in [2.05, 4.69) is 20.8 Å². The van der Waals surface area contributed by atoms with Crippen LogP contribution in [0, 0.1) is 5.41 Å². The smallest absolute Gasteiger partial charge is 0.118 e. The normalized spacial score (nSPS) is 11.7.